The van der Waals surface area contributed by atoms with Crippen molar-refractivity contribution in [3.05, 3.63) is 59.1 Å². The SMILES string of the molecule is CNS(=O)(=O)c1cc(NC(=O)c2oc3c(F)cccc3c2C)ccc1C. The van der Waals surface area contributed by atoms with Gasteiger partial charge in [-0.15, -0.1) is 0 Å². The van der Waals surface area contributed by atoms with E-state index in [1.54, 1.807) is 32.0 Å². The van der Waals surface area contributed by atoms with Gasteiger partial charge < -0.3 is 9.73 Å². The molecule has 0 aliphatic rings. The van der Waals surface area contributed by atoms with E-state index >= 15 is 0 Å². The first-order chi connectivity index (χ1) is 12.2. The highest BCUT2D eigenvalue weighted by Crippen LogP contribution is 2.28. The average Bonchev–Trinajstić information content (AvgIpc) is 2.95. The van der Waals surface area contributed by atoms with Gasteiger partial charge in [-0.2, -0.15) is 0 Å². The van der Waals surface area contributed by atoms with E-state index in [0.29, 0.717) is 16.5 Å². The van der Waals surface area contributed by atoms with E-state index in [1.165, 1.54) is 25.2 Å². The van der Waals surface area contributed by atoms with Gasteiger partial charge in [-0.25, -0.2) is 17.5 Å². The molecule has 0 radical (unpaired) electrons. The number of para-hydroxylation sites is 1. The smallest absolute Gasteiger partial charge is 0.291 e. The molecule has 3 rings (SSSR count). The van der Waals surface area contributed by atoms with Crippen molar-refractivity contribution in [3.63, 3.8) is 0 Å². The minimum absolute atomic E-state index is 0.0116. The van der Waals surface area contributed by atoms with Crippen LogP contribution >= 0.6 is 0 Å². The van der Waals surface area contributed by atoms with Crippen LogP contribution in [0.4, 0.5) is 10.1 Å². The van der Waals surface area contributed by atoms with Crippen molar-refractivity contribution in [2.75, 3.05) is 12.4 Å². The zero-order valence-corrected chi connectivity index (χ0v) is 15.2. The molecule has 0 saturated heterocycles. The highest BCUT2D eigenvalue weighted by molar-refractivity contribution is 7.89. The minimum atomic E-state index is -3.66. The van der Waals surface area contributed by atoms with E-state index in [0.717, 1.165) is 0 Å². The standard InChI is InChI=1S/C18H17FN2O4S/c1-10-7-8-12(9-15(10)26(23,24)20-3)21-18(22)16-11(2)13-5-4-6-14(19)17(13)25-16/h4-9,20H,1-3H3,(H,21,22). The van der Waals surface area contributed by atoms with Crippen molar-refractivity contribution in [3.8, 4) is 0 Å². The van der Waals surface area contributed by atoms with Crippen LogP contribution < -0.4 is 10.0 Å². The first kappa shape index (κ1) is 18.1. The predicted molar refractivity (Wildman–Crippen MR) is 96.3 cm³/mol. The van der Waals surface area contributed by atoms with Crippen LogP contribution in [0.1, 0.15) is 21.7 Å². The predicted octanol–water partition coefficient (Wildman–Crippen LogP) is 3.35. The number of benzene rings is 2. The largest absolute Gasteiger partial charge is 0.448 e. The maximum Gasteiger partial charge on any atom is 0.291 e. The van der Waals surface area contributed by atoms with Crippen LogP contribution in [0, 0.1) is 19.7 Å². The fourth-order valence-corrected chi connectivity index (χ4v) is 3.68. The number of nitrogens with one attached hydrogen (secondary N) is 2. The highest BCUT2D eigenvalue weighted by Gasteiger charge is 2.21. The van der Waals surface area contributed by atoms with Gasteiger partial charge in [0.1, 0.15) is 0 Å². The molecule has 0 fully saturated rings. The molecular weight excluding hydrogens is 359 g/mol. The lowest BCUT2D eigenvalue weighted by Crippen LogP contribution is -2.20. The first-order valence-corrected chi connectivity index (χ1v) is 9.26. The molecule has 8 heteroatoms. The summed E-state index contributed by atoms with van der Waals surface area (Å²) in [6.07, 6.45) is 0. The second-order valence-corrected chi connectivity index (χ2v) is 7.67. The fourth-order valence-electron chi connectivity index (χ4n) is 2.69. The highest BCUT2D eigenvalue weighted by atomic mass is 32.2. The molecule has 6 nitrogen and oxygen atoms in total. The Bertz CT molecular complexity index is 1120. The van der Waals surface area contributed by atoms with Gasteiger partial charge in [0, 0.05) is 16.6 Å². The lowest BCUT2D eigenvalue weighted by molar-refractivity contribution is 0.0997. The normalized spacial score (nSPS) is 11.7. The topological polar surface area (TPSA) is 88.4 Å². The minimum Gasteiger partial charge on any atom is -0.448 e. The number of hydrogen-bond acceptors (Lipinski definition) is 4. The van der Waals surface area contributed by atoms with Crippen molar-refractivity contribution < 1.29 is 22.0 Å². The van der Waals surface area contributed by atoms with E-state index in [-0.39, 0.29) is 21.9 Å². The molecule has 0 atom stereocenters. The number of hydrogen-bond donors (Lipinski definition) is 2. The number of rotatable bonds is 4. The van der Waals surface area contributed by atoms with Crippen molar-refractivity contribution in [2.45, 2.75) is 18.7 Å². The number of carbonyl (C=O) groups excluding carboxylic acids is 1. The third-order valence-electron chi connectivity index (χ3n) is 4.13. The molecule has 0 aliphatic carbocycles. The summed E-state index contributed by atoms with van der Waals surface area (Å²) in [5.74, 6) is -1.17. The monoisotopic (exact) mass is 376 g/mol. The van der Waals surface area contributed by atoms with Gasteiger partial charge in [-0.1, -0.05) is 18.2 Å². The molecule has 0 aliphatic heterocycles. The zero-order valence-electron chi connectivity index (χ0n) is 14.4. The van der Waals surface area contributed by atoms with Crippen LogP contribution in [-0.2, 0) is 10.0 Å². The summed E-state index contributed by atoms with van der Waals surface area (Å²) in [6.45, 7) is 3.31. The Kier molecular flexibility index (Phi) is 4.55. The third-order valence-corrected chi connectivity index (χ3v) is 5.68. The lowest BCUT2D eigenvalue weighted by atomic mass is 10.1. The van der Waals surface area contributed by atoms with Crippen molar-refractivity contribution >= 4 is 32.6 Å². The Morgan fingerprint density at radius 2 is 1.88 bits per heavy atom. The van der Waals surface area contributed by atoms with Gasteiger partial charge in [-0.3, -0.25) is 4.79 Å². The Balaban J connectivity index is 1.98. The van der Waals surface area contributed by atoms with E-state index in [4.69, 9.17) is 4.42 Å². The molecule has 0 saturated carbocycles. The number of carbonyl (C=O) groups is 1. The average molecular weight is 376 g/mol. The van der Waals surface area contributed by atoms with E-state index < -0.39 is 21.7 Å². The molecule has 26 heavy (non-hydrogen) atoms. The summed E-state index contributed by atoms with van der Waals surface area (Å²) in [6, 6.07) is 8.99. The molecule has 1 aromatic heterocycles. The molecule has 3 aromatic rings. The van der Waals surface area contributed by atoms with Gasteiger partial charge in [0.05, 0.1) is 4.90 Å². The van der Waals surface area contributed by atoms with Gasteiger partial charge in [0.15, 0.2) is 17.2 Å². The summed E-state index contributed by atoms with van der Waals surface area (Å²) in [4.78, 5) is 12.6. The number of aryl methyl sites for hydroxylation is 2. The molecule has 0 unspecified atom stereocenters. The Hall–Kier alpha value is -2.71. The van der Waals surface area contributed by atoms with Crippen molar-refractivity contribution in [2.24, 2.45) is 0 Å². The zero-order chi connectivity index (χ0) is 19.1. The summed E-state index contributed by atoms with van der Waals surface area (Å²) >= 11 is 0. The van der Waals surface area contributed by atoms with E-state index in [9.17, 15) is 17.6 Å². The number of amides is 1. The Labute approximate surface area is 150 Å². The van der Waals surface area contributed by atoms with E-state index in [1.807, 2.05) is 0 Å². The molecule has 2 N–H and O–H groups in total. The second-order valence-electron chi connectivity index (χ2n) is 5.81. The molecule has 2 aromatic carbocycles. The molecule has 136 valence electrons. The van der Waals surface area contributed by atoms with Crippen LogP contribution in [0.3, 0.4) is 0 Å². The maximum atomic E-state index is 13.8. The van der Waals surface area contributed by atoms with Crippen LogP contribution in [0.2, 0.25) is 0 Å². The quantitative estimate of drug-likeness (QED) is 0.731. The number of halogens is 1. The molecule has 1 heterocycles. The number of sulfonamides is 1. The fraction of sp³-hybridized carbons (Fsp3) is 0.167. The van der Waals surface area contributed by atoms with Gasteiger partial charge in [0.2, 0.25) is 10.0 Å². The molecular formula is C18H17FN2O4S. The van der Waals surface area contributed by atoms with Gasteiger partial charge in [-0.05, 0) is 44.7 Å². The van der Waals surface area contributed by atoms with E-state index in [2.05, 4.69) is 10.0 Å². The summed E-state index contributed by atoms with van der Waals surface area (Å²) in [7, 11) is -2.35. The number of anilines is 1. The molecule has 1 amide bonds. The first-order valence-electron chi connectivity index (χ1n) is 7.77. The summed E-state index contributed by atoms with van der Waals surface area (Å²) in [5.41, 5.74) is 1.35. The molecule has 0 bridgehead atoms. The summed E-state index contributed by atoms with van der Waals surface area (Å²) < 4.78 is 45.6. The van der Waals surface area contributed by atoms with Gasteiger partial charge in [0.25, 0.3) is 5.91 Å². The lowest BCUT2D eigenvalue weighted by Gasteiger charge is -2.10. The van der Waals surface area contributed by atoms with Crippen LogP contribution in [0.25, 0.3) is 11.0 Å². The number of fused-ring (bicyclic) bond motifs is 1. The van der Waals surface area contributed by atoms with Gasteiger partial charge >= 0.3 is 0 Å². The van der Waals surface area contributed by atoms with Crippen LogP contribution in [-0.4, -0.2) is 21.4 Å². The third kappa shape index (κ3) is 3.09. The molecule has 0 spiro atoms. The Morgan fingerprint density at radius 3 is 2.54 bits per heavy atom. The maximum absolute atomic E-state index is 13.8. The van der Waals surface area contributed by atoms with Crippen LogP contribution in [0.15, 0.2) is 45.7 Å². The summed E-state index contributed by atoms with van der Waals surface area (Å²) in [5, 5.41) is 3.11. The Morgan fingerprint density at radius 1 is 1.15 bits per heavy atom. The van der Waals surface area contributed by atoms with Crippen molar-refractivity contribution in [1.82, 2.24) is 4.72 Å². The van der Waals surface area contributed by atoms with Crippen molar-refractivity contribution in [1.29, 1.82) is 0 Å². The van der Waals surface area contributed by atoms with Crippen LogP contribution in [0.5, 0.6) is 0 Å². The number of furan rings is 1. The second kappa shape index (κ2) is 6.54.